The number of rotatable bonds is 5. The van der Waals surface area contributed by atoms with Crippen LogP contribution in [0.5, 0.6) is 0 Å². The molecule has 0 bridgehead atoms. The van der Waals surface area contributed by atoms with Gasteiger partial charge in [0.1, 0.15) is 5.82 Å². The van der Waals surface area contributed by atoms with Crippen LogP contribution in [0, 0.1) is 0 Å². The first-order valence-electron chi connectivity index (χ1n) is 7.76. The molecule has 0 radical (unpaired) electrons. The van der Waals surface area contributed by atoms with E-state index in [1.807, 2.05) is 11.0 Å². The Morgan fingerprint density at radius 2 is 2.14 bits per heavy atom. The highest BCUT2D eigenvalue weighted by atomic mass is 16.2. The number of likely N-dealkylation sites (N-methyl/N-ethyl adjacent to an activating group) is 1. The molecule has 0 saturated carbocycles. The first kappa shape index (κ1) is 15.7. The van der Waals surface area contributed by atoms with Gasteiger partial charge in [0, 0.05) is 32.2 Å². The molecule has 1 aliphatic rings. The number of carbonyl (C=O) groups excluding carboxylic acids is 1. The van der Waals surface area contributed by atoms with Crippen LogP contribution in [-0.4, -0.2) is 64.7 Å². The third-order valence-electron chi connectivity index (χ3n) is 3.90. The Labute approximate surface area is 126 Å². The van der Waals surface area contributed by atoms with Crippen LogP contribution in [0.25, 0.3) is 0 Å². The third-order valence-corrected chi connectivity index (χ3v) is 3.90. The Morgan fingerprint density at radius 3 is 2.71 bits per heavy atom. The number of piperazine rings is 1. The molecular weight excluding hydrogens is 266 g/mol. The molecule has 1 atom stereocenters. The Hall–Kier alpha value is -1.69. The summed E-state index contributed by atoms with van der Waals surface area (Å²) in [4.78, 5) is 16.7. The molecule has 2 heterocycles. The van der Waals surface area contributed by atoms with Gasteiger partial charge in [0.15, 0.2) is 5.69 Å². The maximum atomic E-state index is 12.5. The van der Waals surface area contributed by atoms with Gasteiger partial charge in [-0.15, -0.1) is 10.2 Å². The average molecular weight is 291 g/mol. The summed E-state index contributed by atoms with van der Waals surface area (Å²) in [6.45, 7) is 10.7. The zero-order valence-corrected chi connectivity index (χ0v) is 13.2. The van der Waals surface area contributed by atoms with Crippen LogP contribution in [-0.2, 0) is 0 Å². The SMILES string of the molecule is CCCNc1ccc(C(=O)N2CCN(CC)C(C)C2)nn1. The number of amides is 1. The standard InChI is InChI=1S/C15H25N5O/c1-4-8-16-14-7-6-13(17-18-14)15(21)20-10-9-19(5-2)12(3)11-20/h6-7,12H,4-5,8-11H2,1-3H3,(H,16,18). The van der Waals surface area contributed by atoms with Gasteiger partial charge in [-0.3, -0.25) is 9.69 Å². The molecule has 6 nitrogen and oxygen atoms in total. The molecule has 116 valence electrons. The lowest BCUT2D eigenvalue weighted by Gasteiger charge is -2.39. The Kier molecular flexibility index (Phi) is 5.50. The minimum atomic E-state index is -0.0212. The monoisotopic (exact) mass is 291 g/mol. The third kappa shape index (κ3) is 3.91. The van der Waals surface area contributed by atoms with Crippen molar-refractivity contribution in [3.8, 4) is 0 Å². The fourth-order valence-corrected chi connectivity index (χ4v) is 2.61. The van der Waals surface area contributed by atoms with Crippen molar-refractivity contribution in [2.24, 2.45) is 0 Å². The summed E-state index contributed by atoms with van der Waals surface area (Å²) in [5.74, 6) is 0.699. The molecule has 0 spiro atoms. The minimum absolute atomic E-state index is 0.0212. The molecule has 6 heteroatoms. The Bertz CT molecular complexity index is 462. The second-order valence-corrected chi connectivity index (χ2v) is 5.46. The molecule has 1 saturated heterocycles. The van der Waals surface area contributed by atoms with Gasteiger partial charge in [0.25, 0.3) is 5.91 Å². The molecule has 0 aliphatic carbocycles. The maximum Gasteiger partial charge on any atom is 0.274 e. The van der Waals surface area contributed by atoms with Crippen LogP contribution in [0.3, 0.4) is 0 Å². The normalized spacial score (nSPS) is 19.6. The molecule has 1 aromatic rings. The molecule has 1 fully saturated rings. The predicted octanol–water partition coefficient (Wildman–Crippen LogP) is 1.46. The number of nitrogens with zero attached hydrogens (tertiary/aromatic N) is 4. The number of carbonyl (C=O) groups is 1. The van der Waals surface area contributed by atoms with Crippen molar-refractivity contribution in [2.75, 3.05) is 38.0 Å². The smallest absolute Gasteiger partial charge is 0.274 e. The van der Waals surface area contributed by atoms with E-state index in [9.17, 15) is 4.79 Å². The van der Waals surface area contributed by atoms with Crippen LogP contribution in [0.2, 0.25) is 0 Å². The summed E-state index contributed by atoms with van der Waals surface area (Å²) in [5.41, 5.74) is 0.425. The second kappa shape index (κ2) is 7.36. The summed E-state index contributed by atoms with van der Waals surface area (Å²) < 4.78 is 0. The van der Waals surface area contributed by atoms with E-state index in [2.05, 4.69) is 41.2 Å². The number of aromatic nitrogens is 2. The van der Waals surface area contributed by atoms with Crippen molar-refractivity contribution in [3.63, 3.8) is 0 Å². The van der Waals surface area contributed by atoms with Crippen molar-refractivity contribution in [2.45, 2.75) is 33.2 Å². The zero-order valence-electron chi connectivity index (χ0n) is 13.2. The molecule has 1 amide bonds. The summed E-state index contributed by atoms with van der Waals surface area (Å²) in [7, 11) is 0. The van der Waals surface area contributed by atoms with Gasteiger partial charge in [-0.05, 0) is 32.0 Å². The first-order valence-corrected chi connectivity index (χ1v) is 7.76. The van der Waals surface area contributed by atoms with Crippen molar-refractivity contribution < 1.29 is 4.79 Å². The van der Waals surface area contributed by atoms with Crippen molar-refractivity contribution in [3.05, 3.63) is 17.8 Å². The molecule has 1 N–H and O–H groups in total. The molecule has 1 unspecified atom stereocenters. The highest BCUT2D eigenvalue weighted by Gasteiger charge is 2.27. The largest absolute Gasteiger partial charge is 0.369 e. The molecule has 1 aliphatic heterocycles. The first-order chi connectivity index (χ1) is 10.2. The van der Waals surface area contributed by atoms with E-state index in [-0.39, 0.29) is 5.91 Å². The van der Waals surface area contributed by atoms with Gasteiger partial charge in [-0.2, -0.15) is 0 Å². The molecule has 21 heavy (non-hydrogen) atoms. The van der Waals surface area contributed by atoms with Crippen LogP contribution in [0.15, 0.2) is 12.1 Å². The zero-order chi connectivity index (χ0) is 15.2. The summed E-state index contributed by atoms with van der Waals surface area (Å²) >= 11 is 0. The lowest BCUT2D eigenvalue weighted by atomic mass is 10.2. The van der Waals surface area contributed by atoms with Gasteiger partial charge in [-0.25, -0.2) is 0 Å². The maximum absolute atomic E-state index is 12.5. The molecule has 2 rings (SSSR count). The highest BCUT2D eigenvalue weighted by molar-refractivity contribution is 5.92. The van der Waals surface area contributed by atoms with E-state index in [0.29, 0.717) is 11.7 Å². The van der Waals surface area contributed by atoms with Crippen molar-refractivity contribution in [1.29, 1.82) is 0 Å². The summed E-state index contributed by atoms with van der Waals surface area (Å²) in [6.07, 6.45) is 1.03. The van der Waals surface area contributed by atoms with E-state index in [4.69, 9.17) is 0 Å². The van der Waals surface area contributed by atoms with E-state index < -0.39 is 0 Å². The number of anilines is 1. The van der Waals surface area contributed by atoms with E-state index in [1.165, 1.54) is 0 Å². The lowest BCUT2D eigenvalue weighted by Crippen LogP contribution is -2.53. The fraction of sp³-hybridized carbons (Fsp3) is 0.667. The van der Waals surface area contributed by atoms with Crippen molar-refractivity contribution in [1.82, 2.24) is 20.0 Å². The quantitative estimate of drug-likeness (QED) is 0.890. The molecule has 0 aromatic carbocycles. The Balaban J connectivity index is 1.97. The highest BCUT2D eigenvalue weighted by Crippen LogP contribution is 2.12. The topological polar surface area (TPSA) is 61.4 Å². The van der Waals surface area contributed by atoms with E-state index >= 15 is 0 Å². The van der Waals surface area contributed by atoms with Crippen molar-refractivity contribution >= 4 is 11.7 Å². The number of nitrogens with one attached hydrogen (secondary N) is 1. The predicted molar refractivity (Wildman–Crippen MR) is 83.4 cm³/mol. The fourth-order valence-electron chi connectivity index (χ4n) is 2.61. The number of hydrogen-bond donors (Lipinski definition) is 1. The van der Waals surface area contributed by atoms with Crippen LogP contribution >= 0.6 is 0 Å². The lowest BCUT2D eigenvalue weighted by molar-refractivity contribution is 0.0522. The second-order valence-electron chi connectivity index (χ2n) is 5.46. The average Bonchev–Trinajstić information content (AvgIpc) is 2.52. The Morgan fingerprint density at radius 1 is 1.33 bits per heavy atom. The van der Waals surface area contributed by atoms with Crippen LogP contribution in [0.1, 0.15) is 37.7 Å². The molecule has 1 aromatic heterocycles. The number of hydrogen-bond acceptors (Lipinski definition) is 5. The van der Waals surface area contributed by atoms with Crippen LogP contribution < -0.4 is 5.32 Å². The van der Waals surface area contributed by atoms with Gasteiger partial charge in [0.05, 0.1) is 0 Å². The van der Waals surface area contributed by atoms with Gasteiger partial charge >= 0.3 is 0 Å². The van der Waals surface area contributed by atoms with Crippen LogP contribution in [0.4, 0.5) is 5.82 Å². The van der Waals surface area contributed by atoms with E-state index in [0.717, 1.165) is 45.0 Å². The molecular formula is C15H25N5O. The van der Waals surface area contributed by atoms with E-state index in [1.54, 1.807) is 6.07 Å². The van der Waals surface area contributed by atoms with Gasteiger partial charge in [-0.1, -0.05) is 13.8 Å². The van der Waals surface area contributed by atoms with Gasteiger partial charge < -0.3 is 10.2 Å². The summed E-state index contributed by atoms with van der Waals surface area (Å²) in [6, 6.07) is 3.97. The van der Waals surface area contributed by atoms with Gasteiger partial charge in [0.2, 0.25) is 0 Å². The minimum Gasteiger partial charge on any atom is -0.369 e. The summed E-state index contributed by atoms with van der Waals surface area (Å²) in [5, 5.41) is 11.3.